The molecule has 1 aromatic heterocycles. The van der Waals surface area contributed by atoms with Crippen molar-refractivity contribution in [1.29, 1.82) is 5.26 Å². The van der Waals surface area contributed by atoms with Crippen molar-refractivity contribution < 1.29 is 14.3 Å². The van der Waals surface area contributed by atoms with Gasteiger partial charge in [-0.1, -0.05) is 6.07 Å². The van der Waals surface area contributed by atoms with Crippen molar-refractivity contribution in [3.05, 3.63) is 51.9 Å². The number of amides is 1. The summed E-state index contributed by atoms with van der Waals surface area (Å²) in [5.74, 6) is -0.972. The molecule has 3 rings (SSSR count). The monoisotopic (exact) mass is 326 g/mol. The van der Waals surface area contributed by atoms with Crippen molar-refractivity contribution in [2.45, 2.75) is 19.3 Å². The second kappa shape index (κ2) is 6.63. The Hall–Kier alpha value is -2.65. The number of carbonyl (C=O) groups is 2. The summed E-state index contributed by atoms with van der Waals surface area (Å²) >= 11 is 1.25. The standard InChI is InChI=1S/C17H14N2O3S/c18-9-14-6-7-23-16(14)19-15(20)10-22-17(21)13-5-4-11-2-1-3-12(11)8-13/h4-8H,1-3,10H2,(H,19,20). The molecule has 0 saturated heterocycles. The Morgan fingerprint density at radius 1 is 1.26 bits per heavy atom. The van der Waals surface area contributed by atoms with Crippen LogP contribution in [0.5, 0.6) is 0 Å². The lowest BCUT2D eigenvalue weighted by molar-refractivity contribution is -0.119. The maximum absolute atomic E-state index is 12.0. The summed E-state index contributed by atoms with van der Waals surface area (Å²) in [5.41, 5.74) is 3.32. The number of aryl methyl sites for hydroxylation is 2. The molecule has 0 bridgehead atoms. The Morgan fingerprint density at radius 2 is 2.09 bits per heavy atom. The molecule has 1 aromatic carbocycles. The van der Waals surface area contributed by atoms with E-state index in [9.17, 15) is 9.59 Å². The van der Waals surface area contributed by atoms with Gasteiger partial charge in [0.25, 0.3) is 5.91 Å². The van der Waals surface area contributed by atoms with E-state index in [4.69, 9.17) is 10.00 Å². The van der Waals surface area contributed by atoms with Crippen molar-refractivity contribution in [3.8, 4) is 6.07 Å². The number of ether oxygens (including phenoxy) is 1. The van der Waals surface area contributed by atoms with Crippen LogP contribution in [0, 0.1) is 11.3 Å². The molecule has 1 aliphatic rings. The summed E-state index contributed by atoms with van der Waals surface area (Å²) in [6.45, 7) is -0.376. The average Bonchev–Trinajstić information content (AvgIpc) is 3.20. The first kappa shape index (κ1) is 15.3. The third-order valence-corrected chi connectivity index (χ3v) is 4.54. The van der Waals surface area contributed by atoms with E-state index in [2.05, 4.69) is 5.32 Å². The lowest BCUT2D eigenvalue weighted by Gasteiger charge is -2.07. The fraction of sp³-hybridized carbons (Fsp3) is 0.235. The molecule has 23 heavy (non-hydrogen) atoms. The highest BCUT2D eigenvalue weighted by atomic mass is 32.1. The van der Waals surface area contributed by atoms with Gasteiger partial charge >= 0.3 is 5.97 Å². The summed E-state index contributed by atoms with van der Waals surface area (Å²) in [6, 6.07) is 9.13. The van der Waals surface area contributed by atoms with E-state index >= 15 is 0 Å². The smallest absolute Gasteiger partial charge is 0.338 e. The zero-order chi connectivity index (χ0) is 16.2. The number of hydrogen-bond donors (Lipinski definition) is 1. The Bertz CT molecular complexity index is 804. The zero-order valence-electron chi connectivity index (χ0n) is 12.3. The SMILES string of the molecule is N#Cc1ccsc1NC(=O)COC(=O)c1ccc2c(c1)CCC2. The van der Waals surface area contributed by atoms with Crippen molar-refractivity contribution in [3.63, 3.8) is 0 Å². The molecule has 116 valence electrons. The van der Waals surface area contributed by atoms with E-state index in [0.717, 1.165) is 19.3 Å². The third kappa shape index (κ3) is 3.41. The molecule has 2 aromatic rings. The van der Waals surface area contributed by atoms with Crippen LogP contribution in [0.1, 0.15) is 33.5 Å². The predicted octanol–water partition coefficient (Wildman–Crippen LogP) is 2.90. The Morgan fingerprint density at radius 3 is 2.91 bits per heavy atom. The summed E-state index contributed by atoms with van der Waals surface area (Å²) in [7, 11) is 0. The van der Waals surface area contributed by atoms with Gasteiger partial charge in [-0.25, -0.2) is 4.79 Å². The van der Waals surface area contributed by atoms with E-state index in [1.165, 1.54) is 22.5 Å². The van der Waals surface area contributed by atoms with Gasteiger partial charge in [0, 0.05) is 0 Å². The van der Waals surface area contributed by atoms with Crippen LogP contribution in [0.2, 0.25) is 0 Å². The minimum Gasteiger partial charge on any atom is -0.452 e. The van der Waals surface area contributed by atoms with Crippen LogP contribution < -0.4 is 5.32 Å². The number of nitrogens with zero attached hydrogens (tertiary/aromatic N) is 1. The van der Waals surface area contributed by atoms with Gasteiger partial charge in [0.1, 0.15) is 11.1 Å². The number of anilines is 1. The second-order valence-corrected chi connectivity index (χ2v) is 6.15. The highest BCUT2D eigenvalue weighted by Crippen LogP contribution is 2.23. The van der Waals surface area contributed by atoms with E-state index < -0.39 is 11.9 Å². The van der Waals surface area contributed by atoms with E-state index in [1.807, 2.05) is 18.2 Å². The Kier molecular flexibility index (Phi) is 4.40. The summed E-state index contributed by atoms with van der Waals surface area (Å²) in [6.07, 6.45) is 3.14. The highest BCUT2D eigenvalue weighted by molar-refractivity contribution is 7.14. The maximum Gasteiger partial charge on any atom is 0.338 e. The van der Waals surface area contributed by atoms with Crippen LogP contribution in [-0.4, -0.2) is 18.5 Å². The molecule has 6 heteroatoms. The topological polar surface area (TPSA) is 79.2 Å². The zero-order valence-corrected chi connectivity index (χ0v) is 13.1. The van der Waals surface area contributed by atoms with Gasteiger partial charge in [-0.15, -0.1) is 11.3 Å². The van der Waals surface area contributed by atoms with Crippen molar-refractivity contribution in [2.75, 3.05) is 11.9 Å². The molecule has 0 atom stereocenters. The van der Waals surface area contributed by atoms with Crippen molar-refractivity contribution in [2.24, 2.45) is 0 Å². The second-order valence-electron chi connectivity index (χ2n) is 5.24. The highest BCUT2D eigenvalue weighted by Gasteiger charge is 2.16. The average molecular weight is 326 g/mol. The number of carbonyl (C=O) groups excluding carboxylic acids is 2. The number of nitriles is 1. The first-order valence-electron chi connectivity index (χ1n) is 7.24. The van der Waals surface area contributed by atoms with Crippen LogP contribution in [0.4, 0.5) is 5.00 Å². The normalized spacial score (nSPS) is 12.3. The first-order valence-corrected chi connectivity index (χ1v) is 8.11. The van der Waals surface area contributed by atoms with Crippen LogP contribution in [-0.2, 0) is 22.4 Å². The van der Waals surface area contributed by atoms with Crippen LogP contribution >= 0.6 is 11.3 Å². The molecule has 1 heterocycles. The van der Waals surface area contributed by atoms with Gasteiger partial charge in [-0.3, -0.25) is 4.79 Å². The van der Waals surface area contributed by atoms with E-state index in [0.29, 0.717) is 16.1 Å². The molecule has 1 N–H and O–H groups in total. The van der Waals surface area contributed by atoms with E-state index in [-0.39, 0.29) is 6.61 Å². The Labute approximate surface area is 137 Å². The summed E-state index contributed by atoms with van der Waals surface area (Å²) in [4.78, 5) is 23.8. The fourth-order valence-corrected chi connectivity index (χ4v) is 3.32. The molecule has 0 aliphatic heterocycles. The van der Waals surface area contributed by atoms with E-state index in [1.54, 1.807) is 17.5 Å². The van der Waals surface area contributed by atoms with Crippen molar-refractivity contribution in [1.82, 2.24) is 0 Å². The molecular formula is C17H14N2O3S. The molecular weight excluding hydrogens is 312 g/mol. The van der Waals surface area contributed by atoms with Crippen LogP contribution in [0.15, 0.2) is 29.6 Å². The molecule has 5 nitrogen and oxygen atoms in total. The quantitative estimate of drug-likeness (QED) is 0.876. The maximum atomic E-state index is 12.0. The summed E-state index contributed by atoms with van der Waals surface area (Å²) < 4.78 is 5.04. The molecule has 1 amide bonds. The molecule has 0 fully saturated rings. The van der Waals surface area contributed by atoms with Gasteiger partial charge in [-0.2, -0.15) is 5.26 Å². The minimum atomic E-state index is -0.512. The number of benzene rings is 1. The number of hydrogen-bond acceptors (Lipinski definition) is 5. The number of nitrogens with one attached hydrogen (secondary N) is 1. The van der Waals surface area contributed by atoms with Crippen molar-refractivity contribution >= 4 is 28.2 Å². The minimum absolute atomic E-state index is 0.376. The molecule has 0 unspecified atom stereocenters. The summed E-state index contributed by atoms with van der Waals surface area (Å²) in [5, 5.41) is 13.6. The first-order chi connectivity index (χ1) is 11.2. The fourth-order valence-electron chi connectivity index (χ4n) is 2.57. The van der Waals surface area contributed by atoms with Gasteiger partial charge in [0.15, 0.2) is 6.61 Å². The predicted molar refractivity (Wildman–Crippen MR) is 86.4 cm³/mol. The largest absolute Gasteiger partial charge is 0.452 e. The van der Waals surface area contributed by atoms with Gasteiger partial charge in [0.05, 0.1) is 11.1 Å². The molecule has 0 saturated carbocycles. The lowest BCUT2D eigenvalue weighted by atomic mass is 10.1. The molecule has 1 aliphatic carbocycles. The van der Waals surface area contributed by atoms with Gasteiger partial charge in [0.2, 0.25) is 0 Å². The molecule has 0 radical (unpaired) electrons. The lowest BCUT2D eigenvalue weighted by Crippen LogP contribution is -2.20. The van der Waals surface area contributed by atoms with Gasteiger partial charge < -0.3 is 10.1 Å². The number of fused-ring (bicyclic) bond motifs is 1. The number of rotatable bonds is 4. The van der Waals surface area contributed by atoms with Crippen LogP contribution in [0.3, 0.4) is 0 Å². The van der Waals surface area contributed by atoms with Gasteiger partial charge in [-0.05, 0) is 54.0 Å². The Balaban J connectivity index is 1.56. The number of esters is 1. The molecule has 0 spiro atoms. The third-order valence-electron chi connectivity index (χ3n) is 3.71. The van der Waals surface area contributed by atoms with Crippen LogP contribution in [0.25, 0.3) is 0 Å². The number of thiophene rings is 1.